The average Bonchev–Trinajstić information content (AvgIpc) is 3.63. The van der Waals surface area contributed by atoms with Crippen LogP contribution in [0, 0.1) is 6.92 Å². The smallest absolute Gasteiger partial charge is 0.321 e. The molecular weight excluding hydrogens is 807 g/mol. The predicted molar refractivity (Wildman–Crippen MR) is 234 cm³/mol. The molecule has 3 heterocycles. The fraction of sp³-hybridized carbons (Fsp3) is 0.595. The van der Waals surface area contributed by atoms with Gasteiger partial charge in [-0.3, -0.25) is 28.9 Å². The predicted octanol–water partition coefficient (Wildman–Crippen LogP) is 2.88. The number of Topliss-reactive ketones (excluding diaryl/α,β-unsaturated/α-hetero) is 1. The number of nitrogens with one attached hydrogen (secondary N) is 2. The Bertz CT molecular complexity index is 1900. The number of anilines is 2. The van der Waals surface area contributed by atoms with Gasteiger partial charge in [-0.2, -0.15) is 4.98 Å². The summed E-state index contributed by atoms with van der Waals surface area (Å²) in [5.41, 5.74) is 16.9. The molecule has 0 spiro atoms. The maximum atomic E-state index is 12.8. The van der Waals surface area contributed by atoms with Gasteiger partial charge in [-0.05, 0) is 42.5 Å². The Morgan fingerprint density at radius 3 is 2.34 bits per heavy atom. The number of ketones is 1. The number of aliphatic carboxylic acids is 2. The summed E-state index contributed by atoms with van der Waals surface area (Å²) in [6, 6.07) is 7.39. The van der Waals surface area contributed by atoms with Crippen molar-refractivity contribution in [1.82, 2.24) is 29.7 Å². The molecule has 0 radical (unpaired) electrons. The number of nitrogens with two attached hydrogens (primary N) is 2. The lowest BCUT2D eigenvalue weighted by atomic mass is 10.0. The van der Waals surface area contributed by atoms with Crippen LogP contribution in [0.2, 0.25) is 0 Å². The summed E-state index contributed by atoms with van der Waals surface area (Å²) >= 11 is 0.786. The van der Waals surface area contributed by atoms with Crippen LogP contribution in [0.3, 0.4) is 0 Å². The number of carboxylic acids is 2. The topological polar surface area (TPSA) is 258 Å². The molecule has 2 aromatic heterocycles. The second-order valence-electron chi connectivity index (χ2n) is 15.2. The number of aryl methyl sites for hydroxylation is 1. The highest BCUT2D eigenvalue weighted by Crippen LogP contribution is 2.25. The number of carbonyl (C=O) groups excluding carboxylic acids is 3. The van der Waals surface area contributed by atoms with Gasteiger partial charge in [-0.15, -0.1) is 11.8 Å². The molecule has 2 amide bonds. The van der Waals surface area contributed by atoms with Gasteiger partial charge in [0.1, 0.15) is 22.6 Å². The highest BCUT2D eigenvalue weighted by molar-refractivity contribution is 8.00. The molecule has 0 saturated carbocycles. The van der Waals surface area contributed by atoms with Crippen molar-refractivity contribution in [3.05, 3.63) is 47.2 Å². The van der Waals surface area contributed by atoms with Crippen molar-refractivity contribution in [1.29, 1.82) is 0 Å². The third-order valence-electron chi connectivity index (χ3n) is 10.3. The standard InChI is InChI=1S/C42H63N9O9S/c1-3-4-5-13-46-39-38-34(47-42(44)48-39)11-15-51(38)27-31-9-8-30(24-29(31)2)26-49-16-18-50(19-17-49)37(54)12-21-60-23-22-59-20-6-7-32(52)10-14-45-36(53)25-35(41(57)58)61-28-33(43)40(55)56/h8-9,11,15,24,33,35H,3-7,10,12-14,16-23,25-28,43H2,1-2H3,(H,45,53)(H,55,56)(H,57,58)(H3,44,46,47,48)/t33-,35?/m0/s1. The molecule has 1 saturated heterocycles. The van der Waals surface area contributed by atoms with E-state index in [2.05, 4.69) is 62.1 Å². The molecule has 1 aliphatic heterocycles. The summed E-state index contributed by atoms with van der Waals surface area (Å²) in [5.74, 6) is -2.16. The number of benzene rings is 1. The lowest BCUT2D eigenvalue weighted by molar-refractivity contribution is -0.139. The summed E-state index contributed by atoms with van der Waals surface area (Å²) in [6.45, 7) is 11.0. The second kappa shape index (κ2) is 25.8. The molecule has 61 heavy (non-hydrogen) atoms. The molecule has 336 valence electrons. The van der Waals surface area contributed by atoms with Crippen molar-refractivity contribution in [2.75, 3.05) is 82.5 Å². The minimum absolute atomic E-state index is 0.0680. The normalized spacial score (nSPS) is 14.2. The van der Waals surface area contributed by atoms with Gasteiger partial charge in [0, 0.05) is 90.2 Å². The first-order chi connectivity index (χ1) is 29.3. The number of rotatable bonds is 29. The van der Waals surface area contributed by atoms with Crippen molar-refractivity contribution in [3.8, 4) is 0 Å². The van der Waals surface area contributed by atoms with E-state index < -0.39 is 29.1 Å². The number of carboxylic acid groups (broad SMARTS) is 2. The number of carbonyl (C=O) groups is 5. The summed E-state index contributed by atoms with van der Waals surface area (Å²) in [7, 11) is 0. The molecular formula is C42H63N9O9S. The Morgan fingerprint density at radius 1 is 0.885 bits per heavy atom. The third-order valence-corrected chi connectivity index (χ3v) is 11.6. The maximum absolute atomic E-state index is 12.8. The maximum Gasteiger partial charge on any atom is 0.321 e. The molecule has 4 rings (SSSR count). The van der Waals surface area contributed by atoms with E-state index in [1.54, 1.807) is 0 Å². The molecule has 0 bridgehead atoms. The summed E-state index contributed by atoms with van der Waals surface area (Å²) in [4.78, 5) is 72.6. The van der Waals surface area contributed by atoms with Gasteiger partial charge in [0.15, 0.2) is 5.82 Å². The zero-order valence-electron chi connectivity index (χ0n) is 35.4. The summed E-state index contributed by atoms with van der Waals surface area (Å²) in [5, 5.41) is 23.0. The van der Waals surface area contributed by atoms with E-state index in [1.807, 2.05) is 17.2 Å². The van der Waals surface area contributed by atoms with Gasteiger partial charge >= 0.3 is 11.9 Å². The zero-order chi connectivity index (χ0) is 44.1. The van der Waals surface area contributed by atoms with Gasteiger partial charge in [0.2, 0.25) is 17.8 Å². The van der Waals surface area contributed by atoms with Crippen molar-refractivity contribution < 1.29 is 43.7 Å². The number of nitrogens with zero attached hydrogens (tertiary/aromatic N) is 5. The van der Waals surface area contributed by atoms with Crippen LogP contribution in [0.15, 0.2) is 30.5 Å². The van der Waals surface area contributed by atoms with Crippen LogP contribution in [0.5, 0.6) is 0 Å². The van der Waals surface area contributed by atoms with E-state index in [9.17, 15) is 29.1 Å². The summed E-state index contributed by atoms with van der Waals surface area (Å²) in [6.07, 6.45) is 6.21. The van der Waals surface area contributed by atoms with Crippen LogP contribution < -0.4 is 22.1 Å². The molecule has 18 nitrogen and oxygen atoms in total. The number of unbranched alkanes of at least 4 members (excludes halogenated alkanes) is 2. The Balaban J connectivity index is 1.04. The second-order valence-corrected chi connectivity index (χ2v) is 16.4. The molecule has 1 unspecified atom stereocenters. The van der Waals surface area contributed by atoms with Crippen LogP contribution in [-0.2, 0) is 46.5 Å². The first kappa shape index (κ1) is 48.8. The van der Waals surface area contributed by atoms with Crippen molar-refractivity contribution in [2.45, 2.75) is 89.6 Å². The number of amides is 2. The SMILES string of the molecule is CCCCCNc1nc(N)nc2ccn(Cc3ccc(CN4CCN(C(=O)CCOCCOCCCC(=O)CCNC(=O)CC(SC[C@H](N)C(=O)O)C(=O)O)CC4)cc3C)c12. The van der Waals surface area contributed by atoms with Crippen molar-refractivity contribution in [2.24, 2.45) is 5.73 Å². The molecule has 1 aliphatic rings. The number of aromatic nitrogens is 3. The largest absolute Gasteiger partial charge is 0.480 e. The Kier molecular flexibility index (Phi) is 20.7. The van der Waals surface area contributed by atoms with E-state index in [0.717, 1.165) is 74.1 Å². The van der Waals surface area contributed by atoms with Crippen LogP contribution in [0.25, 0.3) is 11.0 Å². The van der Waals surface area contributed by atoms with Crippen molar-refractivity contribution in [3.63, 3.8) is 0 Å². The molecule has 19 heteroatoms. The molecule has 8 N–H and O–H groups in total. The fourth-order valence-corrected chi connectivity index (χ4v) is 7.81. The van der Waals surface area contributed by atoms with E-state index >= 15 is 0 Å². The van der Waals surface area contributed by atoms with E-state index in [1.165, 1.54) is 16.7 Å². The van der Waals surface area contributed by atoms with Gasteiger partial charge in [-0.25, -0.2) is 4.98 Å². The molecule has 1 fully saturated rings. The lowest BCUT2D eigenvalue weighted by Gasteiger charge is -2.35. The molecule has 2 atom stereocenters. The highest BCUT2D eigenvalue weighted by atomic mass is 32.2. The minimum Gasteiger partial charge on any atom is -0.480 e. The van der Waals surface area contributed by atoms with E-state index in [4.69, 9.17) is 26.0 Å². The Labute approximate surface area is 361 Å². The third kappa shape index (κ3) is 16.9. The van der Waals surface area contributed by atoms with Crippen LogP contribution in [0.4, 0.5) is 11.8 Å². The first-order valence-electron chi connectivity index (χ1n) is 21.1. The van der Waals surface area contributed by atoms with Crippen LogP contribution >= 0.6 is 11.8 Å². The number of nitrogen functional groups attached to an aromatic ring is 1. The fourth-order valence-electron chi connectivity index (χ4n) is 6.82. The van der Waals surface area contributed by atoms with Gasteiger partial charge in [-0.1, -0.05) is 38.0 Å². The van der Waals surface area contributed by atoms with Gasteiger partial charge in [0.05, 0.1) is 31.8 Å². The molecule has 0 aliphatic carbocycles. The lowest BCUT2D eigenvalue weighted by Crippen LogP contribution is -2.48. The average molecular weight is 870 g/mol. The van der Waals surface area contributed by atoms with Crippen LogP contribution in [0.1, 0.15) is 75.0 Å². The number of ether oxygens (including phenoxy) is 2. The number of hydrogen-bond acceptors (Lipinski definition) is 14. The summed E-state index contributed by atoms with van der Waals surface area (Å²) < 4.78 is 13.3. The van der Waals surface area contributed by atoms with Crippen molar-refractivity contribution >= 4 is 64.1 Å². The Morgan fingerprint density at radius 2 is 1.64 bits per heavy atom. The molecule has 1 aromatic carbocycles. The number of thioether (sulfide) groups is 1. The first-order valence-corrected chi connectivity index (χ1v) is 22.1. The minimum atomic E-state index is -1.25. The number of piperazine rings is 1. The highest BCUT2D eigenvalue weighted by Gasteiger charge is 2.25. The zero-order valence-corrected chi connectivity index (χ0v) is 36.3. The van der Waals surface area contributed by atoms with Crippen LogP contribution in [-0.4, -0.2) is 147 Å². The van der Waals surface area contributed by atoms with Gasteiger partial charge in [0.25, 0.3) is 0 Å². The number of fused-ring (bicyclic) bond motifs is 1. The van der Waals surface area contributed by atoms with E-state index in [0.29, 0.717) is 58.9 Å². The Hall–Kier alpha value is -4.82. The number of hydrogen-bond donors (Lipinski definition) is 6. The monoisotopic (exact) mass is 869 g/mol. The quantitative estimate of drug-likeness (QED) is 0.0549. The van der Waals surface area contributed by atoms with E-state index in [-0.39, 0.29) is 49.2 Å². The molecule has 3 aromatic rings. The van der Waals surface area contributed by atoms with Gasteiger partial charge < -0.3 is 51.3 Å².